The van der Waals surface area contributed by atoms with Crippen molar-refractivity contribution in [1.82, 2.24) is 10.2 Å². The molecule has 1 aliphatic rings. The van der Waals surface area contributed by atoms with E-state index in [1.54, 1.807) is 6.26 Å². The van der Waals surface area contributed by atoms with Gasteiger partial charge in [0, 0.05) is 25.3 Å². The summed E-state index contributed by atoms with van der Waals surface area (Å²) in [7, 11) is 2.12. The predicted molar refractivity (Wildman–Crippen MR) is 85.1 cm³/mol. The Hall–Kier alpha value is -0.840. The van der Waals surface area contributed by atoms with Gasteiger partial charge >= 0.3 is 0 Å². The molecule has 1 aromatic heterocycles. The van der Waals surface area contributed by atoms with E-state index in [4.69, 9.17) is 9.15 Å². The number of nitrogens with zero attached hydrogens (tertiary/aromatic N) is 1. The highest BCUT2D eigenvalue weighted by Crippen LogP contribution is 2.28. The molecule has 1 aliphatic carbocycles. The van der Waals surface area contributed by atoms with E-state index in [0.717, 1.165) is 51.1 Å². The van der Waals surface area contributed by atoms with Gasteiger partial charge < -0.3 is 14.5 Å². The largest absolute Gasteiger partial charge is 0.468 e. The molecule has 120 valence electrons. The molecule has 0 saturated heterocycles. The highest BCUT2D eigenvalue weighted by molar-refractivity contribution is 5.16. The van der Waals surface area contributed by atoms with Crippen molar-refractivity contribution >= 4 is 0 Å². The highest BCUT2D eigenvalue weighted by Gasteiger charge is 2.21. The van der Waals surface area contributed by atoms with Gasteiger partial charge in [-0.3, -0.25) is 4.90 Å². The minimum atomic E-state index is 0.673. The topological polar surface area (TPSA) is 37.6 Å². The Morgan fingerprint density at radius 3 is 2.95 bits per heavy atom. The number of likely N-dealkylation sites (N-methyl/N-ethyl adjacent to an activating group) is 1. The minimum Gasteiger partial charge on any atom is -0.468 e. The lowest BCUT2D eigenvalue weighted by atomic mass is 10.2. The Bertz CT molecular complexity index is 399. The van der Waals surface area contributed by atoms with Crippen LogP contribution < -0.4 is 5.32 Å². The fraction of sp³-hybridized carbons (Fsp3) is 0.765. The van der Waals surface area contributed by atoms with Crippen LogP contribution >= 0.6 is 0 Å². The summed E-state index contributed by atoms with van der Waals surface area (Å²) in [5.74, 6) is 2.58. The van der Waals surface area contributed by atoms with E-state index >= 15 is 0 Å². The predicted octanol–water partition coefficient (Wildman–Crippen LogP) is 2.88. The lowest BCUT2D eigenvalue weighted by molar-refractivity contribution is 0.0999. The second-order valence-corrected chi connectivity index (χ2v) is 6.65. The van der Waals surface area contributed by atoms with Crippen LogP contribution in [0.25, 0.3) is 0 Å². The number of ether oxygens (including phenoxy) is 1. The van der Waals surface area contributed by atoms with Gasteiger partial charge in [-0.1, -0.05) is 13.8 Å². The summed E-state index contributed by atoms with van der Waals surface area (Å²) >= 11 is 0. The van der Waals surface area contributed by atoms with Crippen LogP contribution in [-0.2, 0) is 17.8 Å². The molecule has 1 N–H and O–H groups in total. The lowest BCUT2D eigenvalue weighted by Crippen LogP contribution is -2.24. The molecular formula is C17H30N2O2. The van der Waals surface area contributed by atoms with Crippen LogP contribution in [0.1, 0.15) is 38.0 Å². The van der Waals surface area contributed by atoms with Gasteiger partial charge in [0.25, 0.3) is 0 Å². The van der Waals surface area contributed by atoms with E-state index in [0.29, 0.717) is 5.92 Å². The molecule has 0 aromatic carbocycles. The average molecular weight is 294 g/mol. The summed E-state index contributed by atoms with van der Waals surface area (Å²) in [5, 5.41) is 3.47. The molecule has 4 heteroatoms. The third kappa shape index (κ3) is 6.64. The fourth-order valence-corrected chi connectivity index (χ4v) is 2.24. The molecule has 0 radical (unpaired) electrons. The lowest BCUT2D eigenvalue weighted by Gasteiger charge is -2.16. The van der Waals surface area contributed by atoms with Crippen molar-refractivity contribution in [3.63, 3.8) is 0 Å². The van der Waals surface area contributed by atoms with Gasteiger partial charge in [-0.25, -0.2) is 0 Å². The zero-order valence-corrected chi connectivity index (χ0v) is 13.7. The minimum absolute atomic E-state index is 0.673. The Kier molecular flexibility index (Phi) is 6.74. The second-order valence-electron chi connectivity index (χ2n) is 6.65. The summed E-state index contributed by atoms with van der Waals surface area (Å²) in [4.78, 5) is 2.26. The molecule has 0 bridgehead atoms. The molecule has 0 atom stereocenters. The highest BCUT2D eigenvalue weighted by atomic mass is 16.5. The standard InChI is InChI=1S/C17H30N2O2/c1-14(2)10-18-11-16-6-8-21-17(16)12-19(3)7-9-20-13-15-4-5-15/h6,8,14-15,18H,4-5,7,9-13H2,1-3H3. The average Bonchev–Trinajstić information content (AvgIpc) is 3.16. The van der Waals surface area contributed by atoms with Crippen LogP contribution in [0.15, 0.2) is 16.7 Å². The Morgan fingerprint density at radius 1 is 1.43 bits per heavy atom. The monoisotopic (exact) mass is 294 g/mol. The van der Waals surface area contributed by atoms with Gasteiger partial charge in [0.2, 0.25) is 0 Å². The van der Waals surface area contributed by atoms with Gasteiger partial charge in [-0.05, 0) is 44.3 Å². The fourth-order valence-electron chi connectivity index (χ4n) is 2.24. The maximum atomic E-state index is 5.68. The molecule has 4 nitrogen and oxygen atoms in total. The molecule has 1 fully saturated rings. The normalized spacial score (nSPS) is 15.3. The number of hydrogen-bond donors (Lipinski definition) is 1. The first-order chi connectivity index (χ1) is 10.1. The number of furan rings is 1. The molecule has 2 rings (SSSR count). The van der Waals surface area contributed by atoms with Crippen molar-refractivity contribution in [3.8, 4) is 0 Å². The molecular weight excluding hydrogens is 264 g/mol. The van der Waals surface area contributed by atoms with Crippen LogP contribution in [0.3, 0.4) is 0 Å². The van der Waals surface area contributed by atoms with E-state index < -0.39 is 0 Å². The van der Waals surface area contributed by atoms with Crippen molar-refractivity contribution < 1.29 is 9.15 Å². The van der Waals surface area contributed by atoms with Gasteiger partial charge in [0.05, 0.1) is 19.4 Å². The van der Waals surface area contributed by atoms with Crippen molar-refractivity contribution in [2.24, 2.45) is 11.8 Å². The Balaban J connectivity index is 1.64. The molecule has 1 saturated carbocycles. The van der Waals surface area contributed by atoms with Crippen LogP contribution in [0, 0.1) is 11.8 Å². The number of nitrogens with one attached hydrogen (secondary N) is 1. The Labute approximate surface area is 128 Å². The Morgan fingerprint density at radius 2 is 2.24 bits per heavy atom. The quantitative estimate of drug-likeness (QED) is 0.637. The maximum Gasteiger partial charge on any atom is 0.122 e. The smallest absolute Gasteiger partial charge is 0.122 e. The van der Waals surface area contributed by atoms with Gasteiger partial charge in [-0.15, -0.1) is 0 Å². The van der Waals surface area contributed by atoms with Gasteiger partial charge in [0.1, 0.15) is 5.76 Å². The van der Waals surface area contributed by atoms with Gasteiger partial charge in [-0.2, -0.15) is 0 Å². The maximum absolute atomic E-state index is 5.68. The van der Waals surface area contributed by atoms with Crippen molar-refractivity contribution in [2.75, 3.05) is 33.4 Å². The van der Waals surface area contributed by atoms with Crippen molar-refractivity contribution in [3.05, 3.63) is 23.7 Å². The summed E-state index contributed by atoms with van der Waals surface area (Å²) in [6, 6.07) is 2.07. The molecule has 1 aromatic rings. The second kappa shape index (κ2) is 8.57. The summed E-state index contributed by atoms with van der Waals surface area (Å²) in [6.45, 7) is 9.92. The van der Waals surface area contributed by atoms with Crippen LogP contribution in [-0.4, -0.2) is 38.3 Å². The first-order valence-corrected chi connectivity index (χ1v) is 8.17. The summed E-state index contributed by atoms with van der Waals surface area (Å²) in [6.07, 6.45) is 4.50. The van der Waals surface area contributed by atoms with Crippen molar-refractivity contribution in [1.29, 1.82) is 0 Å². The van der Waals surface area contributed by atoms with E-state index in [2.05, 4.69) is 37.2 Å². The van der Waals surface area contributed by atoms with Crippen molar-refractivity contribution in [2.45, 2.75) is 39.8 Å². The first kappa shape index (κ1) is 16.5. The molecule has 0 unspecified atom stereocenters. The first-order valence-electron chi connectivity index (χ1n) is 8.17. The number of hydrogen-bond acceptors (Lipinski definition) is 4. The van der Waals surface area contributed by atoms with E-state index in [1.165, 1.54) is 18.4 Å². The third-order valence-electron chi connectivity index (χ3n) is 3.79. The molecule has 1 heterocycles. The molecule has 21 heavy (non-hydrogen) atoms. The molecule has 0 aliphatic heterocycles. The SMILES string of the molecule is CC(C)CNCc1ccoc1CN(C)CCOCC1CC1. The van der Waals surface area contributed by atoms with E-state index in [-0.39, 0.29) is 0 Å². The molecule has 0 spiro atoms. The van der Waals surface area contributed by atoms with E-state index in [1.807, 2.05) is 0 Å². The van der Waals surface area contributed by atoms with Crippen LogP contribution in [0.4, 0.5) is 0 Å². The zero-order chi connectivity index (χ0) is 15.1. The summed E-state index contributed by atoms with van der Waals surface area (Å²) in [5.41, 5.74) is 1.27. The number of rotatable bonds is 11. The summed E-state index contributed by atoms with van der Waals surface area (Å²) < 4.78 is 11.3. The third-order valence-corrected chi connectivity index (χ3v) is 3.79. The van der Waals surface area contributed by atoms with Gasteiger partial charge in [0.15, 0.2) is 0 Å². The zero-order valence-electron chi connectivity index (χ0n) is 13.7. The van der Waals surface area contributed by atoms with Crippen LogP contribution in [0.5, 0.6) is 0 Å². The van der Waals surface area contributed by atoms with E-state index in [9.17, 15) is 0 Å². The molecule has 0 amide bonds. The van der Waals surface area contributed by atoms with Crippen LogP contribution in [0.2, 0.25) is 0 Å².